The molecule has 6 heteroatoms. The first-order chi connectivity index (χ1) is 14.3. The van der Waals surface area contributed by atoms with Crippen LogP contribution in [0.5, 0.6) is 0 Å². The zero-order chi connectivity index (χ0) is 21.7. The highest BCUT2D eigenvalue weighted by Crippen LogP contribution is 2.40. The van der Waals surface area contributed by atoms with Crippen molar-refractivity contribution in [3.63, 3.8) is 0 Å². The average Bonchev–Trinajstić information content (AvgIpc) is 2.68. The molecular formula is C24H29F3N2O. The van der Waals surface area contributed by atoms with Crippen molar-refractivity contribution in [1.29, 1.82) is 0 Å². The Hall–Kier alpha value is -2.34. The number of nitrogens with one attached hydrogen (secondary N) is 1. The van der Waals surface area contributed by atoms with Crippen molar-refractivity contribution < 1.29 is 18.0 Å². The van der Waals surface area contributed by atoms with Gasteiger partial charge in [-0.25, -0.2) is 13.2 Å². The molecule has 0 heterocycles. The first-order valence-corrected chi connectivity index (χ1v) is 10.5. The third-order valence-electron chi connectivity index (χ3n) is 6.05. The summed E-state index contributed by atoms with van der Waals surface area (Å²) in [5, 5.41) is 2.76. The molecular weight excluding hydrogens is 389 g/mol. The summed E-state index contributed by atoms with van der Waals surface area (Å²) >= 11 is 0. The summed E-state index contributed by atoms with van der Waals surface area (Å²) in [6, 6.07) is 9.87. The molecule has 3 nitrogen and oxygen atoms in total. The highest BCUT2D eigenvalue weighted by Gasteiger charge is 2.30. The van der Waals surface area contributed by atoms with Crippen molar-refractivity contribution in [1.82, 2.24) is 10.2 Å². The van der Waals surface area contributed by atoms with Crippen molar-refractivity contribution in [2.45, 2.75) is 38.1 Å². The number of hydrogen-bond acceptors (Lipinski definition) is 2. The fourth-order valence-electron chi connectivity index (χ4n) is 4.65. The Morgan fingerprint density at radius 3 is 2.27 bits per heavy atom. The lowest BCUT2D eigenvalue weighted by molar-refractivity contribution is 0.0946. The van der Waals surface area contributed by atoms with Gasteiger partial charge in [-0.2, -0.15) is 0 Å². The highest BCUT2D eigenvalue weighted by molar-refractivity contribution is 5.94. The van der Waals surface area contributed by atoms with Crippen LogP contribution in [0.4, 0.5) is 13.2 Å². The Morgan fingerprint density at radius 1 is 1.00 bits per heavy atom. The number of halogens is 3. The Balaban J connectivity index is 1.48. The van der Waals surface area contributed by atoms with E-state index in [1.807, 2.05) is 20.2 Å². The number of benzene rings is 2. The molecule has 1 N–H and O–H groups in total. The van der Waals surface area contributed by atoms with E-state index in [1.54, 1.807) is 12.1 Å². The Kier molecular flexibility index (Phi) is 7.53. The average molecular weight is 419 g/mol. The van der Waals surface area contributed by atoms with Gasteiger partial charge in [0.25, 0.3) is 5.91 Å². The molecule has 1 saturated carbocycles. The van der Waals surface area contributed by atoms with Crippen LogP contribution in [-0.2, 0) is 0 Å². The Morgan fingerprint density at radius 2 is 1.67 bits per heavy atom. The van der Waals surface area contributed by atoms with E-state index in [0.717, 1.165) is 55.9 Å². The minimum Gasteiger partial charge on any atom is -0.352 e. The summed E-state index contributed by atoms with van der Waals surface area (Å²) in [4.78, 5) is 14.3. The van der Waals surface area contributed by atoms with Crippen molar-refractivity contribution in [2.24, 2.45) is 11.8 Å². The fourth-order valence-corrected chi connectivity index (χ4v) is 4.65. The van der Waals surface area contributed by atoms with E-state index >= 15 is 0 Å². The molecule has 0 aliphatic heterocycles. The summed E-state index contributed by atoms with van der Waals surface area (Å²) in [6.07, 6.45) is 5.03. The molecule has 3 rings (SSSR count). The van der Waals surface area contributed by atoms with E-state index in [1.165, 1.54) is 6.07 Å². The first-order valence-electron chi connectivity index (χ1n) is 10.5. The third-order valence-corrected chi connectivity index (χ3v) is 6.05. The van der Waals surface area contributed by atoms with Gasteiger partial charge in [0.1, 0.15) is 17.5 Å². The van der Waals surface area contributed by atoms with Gasteiger partial charge in [0.05, 0.1) is 0 Å². The molecule has 1 aliphatic rings. The summed E-state index contributed by atoms with van der Waals surface area (Å²) in [5.41, 5.74) is 1.01. The van der Waals surface area contributed by atoms with Gasteiger partial charge in [-0.3, -0.25) is 4.79 Å². The Labute approximate surface area is 176 Å². The molecule has 1 atom stereocenters. The maximum atomic E-state index is 13.7. The van der Waals surface area contributed by atoms with E-state index in [-0.39, 0.29) is 17.4 Å². The number of rotatable bonds is 7. The zero-order valence-corrected chi connectivity index (χ0v) is 17.5. The van der Waals surface area contributed by atoms with Crippen LogP contribution in [0.1, 0.15) is 54.1 Å². The molecule has 0 bridgehead atoms. The number of hydrogen-bond donors (Lipinski definition) is 1. The lowest BCUT2D eigenvalue weighted by atomic mass is 9.75. The summed E-state index contributed by atoms with van der Waals surface area (Å²) in [7, 11) is 4.07. The second-order valence-corrected chi connectivity index (χ2v) is 8.45. The van der Waals surface area contributed by atoms with E-state index in [9.17, 15) is 18.0 Å². The smallest absolute Gasteiger partial charge is 0.251 e. The topological polar surface area (TPSA) is 32.3 Å². The van der Waals surface area contributed by atoms with Crippen molar-refractivity contribution >= 4 is 5.91 Å². The molecule has 2 aromatic rings. The molecule has 0 aromatic heterocycles. The van der Waals surface area contributed by atoms with Crippen LogP contribution >= 0.6 is 0 Å². The second-order valence-electron chi connectivity index (χ2n) is 8.45. The number of carbonyl (C=O) groups excluding carboxylic acids is 1. The maximum absolute atomic E-state index is 13.7. The minimum absolute atomic E-state index is 0.000117. The van der Waals surface area contributed by atoms with Crippen LogP contribution < -0.4 is 5.32 Å². The number of amides is 1. The standard InChI is InChI=1S/C24H29F3N2O/c1-29(2)23(18-4-3-5-20(25)12-18)17-8-6-16(7-9-17)10-11-28-24(30)19-13-21(26)15-22(27)14-19/h3-5,12-17,23H,6-11H2,1-2H3,(H,28,30). The van der Waals surface area contributed by atoms with Gasteiger partial charge in [0.2, 0.25) is 0 Å². The summed E-state index contributed by atoms with van der Waals surface area (Å²) in [6.45, 7) is 0.479. The monoisotopic (exact) mass is 418 g/mol. The van der Waals surface area contributed by atoms with Crippen LogP contribution in [0.2, 0.25) is 0 Å². The van der Waals surface area contributed by atoms with E-state index in [0.29, 0.717) is 18.4 Å². The van der Waals surface area contributed by atoms with Crippen LogP contribution in [0.3, 0.4) is 0 Å². The van der Waals surface area contributed by atoms with Crippen LogP contribution in [-0.4, -0.2) is 31.4 Å². The lowest BCUT2D eigenvalue weighted by Gasteiger charge is -2.37. The Bertz CT molecular complexity index is 843. The predicted molar refractivity (Wildman–Crippen MR) is 112 cm³/mol. The SMILES string of the molecule is CN(C)C(c1cccc(F)c1)C1CCC(CCNC(=O)c2cc(F)cc(F)c2)CC1. The van der Waals surface area contributed by atoms with Crippen molar-refractivity contribution in [3.8, 4) is 0 Å². The van der Waals surface area contributed by atoms with Gasteiger partial charge in [0, 0.05) is 24.2 Å². The predicted octanol–water partition coefficient (Wildman–Crippen LogP) is 5.33. The van der Waals surface area contributed by atoms with Crippen molar-refractivity contribution in [2.75, 3.05) is 20.6 Å². The van der Waals surface area contributed by atoms with Gasteiger partial charge in [-0.05, 0) is 75.0 Å². The normalized spacial score (nSPS) is 20.2. The minimum atomic E-state index is -0.757. The van der Waals surface area contributed by atoms with Gasteiger partial charge in [0.15, 0.2) is 0 Å². The molecule has 1 fully saturated rings. The molecule has 1 unspecified atom stereocenters. The maximum Gasteiger partial charge on any atom is 0.251 e. The molecule has 2 aromatic carbocycles. The van der Waals surface area contributed by atoms with Crippen LogP contribution in [0.25, 0.3) is 0 Å². The zero-order valence-electron chi connectivity index (χ0n) is 17.5. The second kappa shape index (κ2) is 10.1. The molecule has 30 heavy (non-hydrogen) atoms. The van der Waals surface area contributed by atoms with Gasteiger partial charge in [-0.15, -0.1) is 0 Å². The molecule has 0 spiro atoms. The lowest BCUT2D eigenvalue weighted by Crippen LogP contribution is -2.31. The van der Waals surface area contributed by atoms with E-state index in [2.05, 4.69) is 10.2 Å². The van der Waals surface area contributed by atoms with E-state index < -0.39 is 17.5 Å². The quantitative estimate of drug-likeness (QED) is 0.659. The van der Waals surface area contributed by atoms with Gasteiger partial charge in [-0.1, -0.05) is 25.0 Å². The highest BCUT2D eigenvalue weighted by atomic mass is 19.1. The fraction of sp³-hybridized carbons (Fsp3) is 0.458. The molecule has 1 aliphatic carbocycles. The van der Waals surface area contributed by atoms with Crippen LogP contribution in [0, 0.1) is 29.3 Å². The molecule has 162 valence electrons. The number of carbonyl (C=O) groups is 1. The largest absolute Gasteiger partial charge is 0.352 e. The molecule has 0 saturated heterocycles. The number of nitrogens with zero attached hydrogens (tertiary/aromatic N) is 1. The first kappa shape index (κ1) is 22.3. The third kappa shape index (κ3) is 5.85. The summed E-state index contributed by atoms with van der Waals surface area (Å²) < 4.78 is 40.2. The molecule has 0 radical (unpaired) electrons. The molecule has 1 amide bonds. The van der Waals surface area contributed by atoms with Gasteiger partial charge >= 0.3 is 0 Å². The summed E-state index contributed by atoms with van der Waals surface area (Å²) in [5.74, 6) is -1.22. The van der Waals surface area contributed by atoms with Crippen LogP contribution in [0.15, 0.2) is 42.5 Å². The van der Waals surface area contributed by atoms with Gasteiger partial charge < -0.3 is 10.2 Å². The van der Waals surface area contributed by atoms with E-state index in [4.69, 9.17) is 0 Å². The van der Waals surface area contributed by atoms with Crippen molar-refractivity contribution in [3.05, 3.63) is 71.0 Å².